The highest BCUT2D eigenvalue weighted by molar-refractivity contribution is 5.97. The fourth-order valence-corrected chi connectivity index (χ4v) is 2.70. The van der Waals surface area contributed by atoms with E-state index in [-0.39, 0.29) is 11.8 Å². The highest BCUT2D eigenvalue weighted by Gasteiger charge is 2.23. The van der Waals surface area contributed by atoms with Crippen molar-refractivity contribution in [3.63, 3.8) is 0 Å². The molecule has 2 N–H and O–H groups in total. The topological polar surface area (TPSA) is 61.4 Å². The van der Waals surface area contributed by atoms with Crippen LogP contribution in [0.1, 0.15) is 63.2 Å². The van der Waals surface area contributed by atoms with Gasteiger partial charge in [-0.2, -0.15) is 0 Å². The van der Waals surface area contributed by atoms with Crippen LogP contribution >= 0.6 is 0 Å². The van der Waals surface area contributed by atoms with Crippen LogP contribution in [0, 0.1) is 0 Å². The molecule has 0 atom stereocenters. The highest BCUT2D eigenvalue weighted by atomic mass is 16.2. The highest BCUT2D eigenvalue weighted by Crippen LogP contribution is 2.20. The molecule has 1 saturated carbocycles. The molecule has 5 heteroatoms. The van der Waals surface area contributed by atoms with Crippen LogP contribution in [0.15, 0.2) is 24.3 Å². The lowest BCUT2D eigenvalue weighted by Gasteiger charge is -2.25. The Kier molecular flexibility index (Phi) is 7.44. The molecule has 2 rings (SSSR count). The van der Waals surface area contributed by atoms with Gasteiger partial charge in [0.05, 0.1) is 6.54 Å². The van der Waals surface area contributed by atoms with Crippen LogP contribution < -0.4 is 10.6 Å². The van der Waals surface area contributed by atoms with Gasteiger partial charge in [-0.15, -0.1) is 0 Å². The molecule has 0 radical (unpaired) electrons. The largest absolute Gasteiger partial charge is 0.349 e. The summed E-state index contributed by atoms with van der Waals surface area (Å²) in [6.07, 6.45) is 5.59. The first-order valence-electron chi connectivity index (χ1n) is 9.44. The van der Waals surface area contributed by atoms with Gasteiger partial charge in [-0.1, -0.05) is 25.8 Å². The first kappa shape index (κ1) is 19.4. The van der Waals surface area contributed by atoms with E-state index < -0.39 is 0 Å². The molecule has 0 bridgehead atoms. The molecule has 138 valence electrons. The monoisotopic (exact) mass is 345 g/mol. The summed E-state index contributed by atoms with van der Waals surface area (Å²) < 4.78 is 0. The minimum atomic E-state index is -0.0676. The van der Waals surface area contributed by atoms with E-state index in [4.69, 9.17) is 0 Å². The molecule has 1 aliphatic rings. The summed E-state index contributed by atoms with van der Waals surface area (Å²) in [4.78, 5) is 26.7. The smallest absolute Gasteiger partial charge is 0.251 e. The van der Waals surface area contributed by atoms with Crippen molar-refractivity contribution < 1.29 is 9.59 Å². The quantitative estimate of drug-likeness (QED) is 0.639. The minimum Gasteiger partial charge on any atom is -0.349 e. The maximum atomic E-state index is 12.4. The van der Waals surface area contributed by atoms with Gasteiger partial charge in [0.2, 0.25) is 5.91 Å². The van der Waals surface area contributed by atoms with Crippen LogP contribution in [0.5, 0.6) is 0 Å². The number of carbonyl (C=O) groups excluding carboxylic acids is 2. The summed E-state index contributed by atoms with van der Waals surface area (Å²) >= 11 is 0. The molecule has 1 fully saturated rings. The number of nitrogens with one attached hydrogen (secondary N) is 2. The van der Waals surface area contributed by atoms with Gasteiger partial charge in [0.1, 0.15) is 0 Å². The molecule has 0 saturated heterocycles. The fraction of sp³-hybridized carbons (Fsp3) is 0.600. The Labute approximate surface area is 151 Å². The van der Waals surface area contributed by atoms with Crippen LogP contribution in [0.4, 0.5) is 5.69 Å². The molecular weight excluding hydrogens is 314 g/mol. The van der Waals surface area contributed by atoms with Gasteiger partial charge in [0.25, 0.3) is 5.91 Å². The summed E-state index contributed by atoms with van der Waals surface area (Å²) in [5.41, 5.74) is 1.26. The summed E-state index contributed by atoms with van der Waals surface area (Å²) in [6.45, 7) is 7.71. The zero-order chi connectivity index (χ0) is 18.2. The van der Waals surface area contributed by atoms with Crippen LogP contribution in [0.2, 0.25) is 0 Å². The molecule has 5 nitrogen and oxygen atoms in total. The van der Waals surface area contributed by atoms with E-state index in [1.54, 1.807) is 18.2 Å². The molecule has 2 amide bonds. The average Bonchev–Trinajstić information content (AvgIpc) is 3.38. The lowest BCUT2D eigenvalue weighted by molar-refractivity contribution is -0.117. The zero-order valence-corrected chi connectivity index (χ0v) is 15.7. The third-order valence-electron chi connectivity index (χ3n) is 4.45. The van der Waals surface area contributed by atoms with Crippen LogP contribution in [-0.2, 0) is 4.79 Å². The minimum absolute atomic E-state index is 0.0371. The van der Waals surface area contributed by atoms with E-state index in [9.17, 15) is 9.59 Å². The summed E-state index contributed by atoms with van der Waals surface area (Å²) in [5, 5.41) is 5.89. The normalized spacial score (nSPS) is 14.0. The molecule has 0 unspecified atom stereocenters. The van der Waals surface area contributed by atoms with Gasteiger partial charge in [0.15, 0.2) is 0 Å². The second-order valence-corrected chi connectivity index (χ2v) is 7.15. The molecule has 25 heavy (non-hydrogen) atoms. The molecule has 0 spiro atoms. The number of benzene rings is 1. The average molecular weight is 345 g/mol. The number of hydrogen-bond donors (Lipinski definition) is 2. The van der Waals surface area contributed by atoms with Crippen LogP contribution in [-0.4, -0.2) is 41.9 Å². The molecule has 1 aromatic rings. The summed E-state index contributed by atoms with van der Waals surface area (Å²) in [6, 6.07) is 7.80. The third-order valence-corrected chi connectivity index (χ3v) is 4.45. The number of unbranched alkanes of at least 4 members (excludes halogenated alkanes) is 2. The van der Waals surface area contributed by atoms with Crippen molar-refractivity contribution in [1.82, 2.24) is 10.2 Å². The standard InChI is InChI=1S/C20H31N3O2/c1-4-5-6-12-23(15(2)3)14-19(24)21-18-9-7-8-16(13-18)20(25)22-17-10-11-17/h7-9,13,15,17H,4-6,10-12,14H2,1-3H3,(H,21,24)(H,22,25). The number of anilines is 1. The van der Waals surface area contributed by atoms with E-state index in [0.717, 1.165) is 25.8 Å². The Bertz CT molecular complexity index is 582. The second kappa shape index (κ2) is 9.56. The SMILES string of the molecule is CCCCCN(CC(=O)Nc1cccc(C(=O)NC2CC2)c1)C(C)C. The molecule has 0 aromatic heterocycles. The molecule has 0 aliphatic heterocycles. The van der Waals surface area contributed by atoms with Gasteiger partial charge in [-0.3, -0.25) is 14.5 Å². The Balaban J connectivity index is 1.88. The summed E-state index contributed by atoms with van der Waals surface area (Å²) in [5.74, 6) is -0.105. The van der Waals surface area contributed by atoms with Crippen molar-refractivity contribution in [2.24, 2.45) is 0 Å². The molecule has 1 aromatic carbocycles. The number of rotatable bonds is 10. The molecular formula is C20H31N3O2. The first-order valence-corrected chi connectivity index (χ1v) is 9.44. The Morgan fingerprint density at radius 2 is 2.00 bits per heavy atom. The van der Waals surface area contributed by atoms with Gasteiger partial charge in [0, 0.05) is 23.3 Å². The van der Waals surface area contributed by atoms with E-state index in [0.29, 0.717) is 29.9 Å². The lowest BCUT2D eigenvalue weighted by atomic mass is 10.2. The Morgan fingerprint density at radius 3 is 2.64 bits per heavy atom. The van der Waals surface area contributed by atoms with Gasteiger partial charge in [-0.25, -0.2) is 0 Å². The maximum Gasteiger partial charge on any atom is 0.251 e. The number of amides is 2. The predicted molar refractivity (Wildman–Crippen MR) is 102 cm³/mol. The van der Waals surface area contributed by atoms with Crippen molar-refractivity contribution in [3.05, 3.63) is 29.8 Å². The van der Waals surface area contributed by atoms with Gasteiger partial charge >= 0.3 is 0 Å². The fourth-order valence-electron chi connectivity index (χ4n) is 2.70. The summed E-state index contributed by atoms with van der Waals surface area (Å²) in [7, 11) is 0. The van der Waals surface area contributed by atoms with Crippen molar-refractivity contribution >= 4 is 17.5 Å². The Morgan fingerprint density at radius 1 is 1.24 bits per heavy atom. The van der Waals surface area contributed by atoms with E-state index in [1.165, 1.54) is 12.8 Å². The number of nitrogens with zero attached hydrogens (tertiary/aromatic N) is 1. The lowest BCUT2D eigenvalue weighted by Crippen LogP contribution is -2.38. The van der Waals surface area contributed by atoms with E-state index >= 15 is 0 Å². The van der Waals surface area contributed by atoms with Crippen molar-refractivity contribution in [3.8, 4) is 0 Å². The van der Waals surface area contributed by atoms with Crippen LogP contribution in [0.25, 0.3) is 0 Å². The van der Waals surface area contributed by atoms with Crippen molar-refractivity contribution in [1.29, 1.82) is 0 Å². The zero-order valence-electron chi connectivity index (χ0n) is 15.7. The van der Waals surface area contributed by atoms with Gasteiger partial charge in [-0.05, 0) is 57.9 Å². The van der Waals surface area contributed by atoms with Crippen molar-refractivity contribution in [2.75, 3.05) is 18.4 Å². The number of hydrogen-bond acceptors (Lipinski definition) is 3. The third kappa shape index (κ3) is 6.86. The van der Waals surface area contributed by atoms with Gasteiger partial charge < -0.3 is 10.6 Å². The van der Waals surface area contributed by atoms with Crippen LogP contribution in [0.3, 0.4) is 0 Å². The van der Waals surface area contributed by atoms with E-state index in [1.807, 2.05) is 6.07 Å². The molecule has 0 heterocycles. The predicted octanol–water partition coefficient (Wildman–Crippen LogP) is 3.42. The maximum absolute atomic E-state index is 12.4. The first-order chi connectivity index (χ1) is 12.0. The Hall–Kier alpha value is -1.88. The van der Waals surface area contributed by atoms with Crippen molar-refractivity contribution in [2.45, 2.75) is 65.0 Å². The second-order valence-electron chi connectivity index (χ2n) is 7.15. The number of carbonyl (C=O) groups is 2. The molecule has 1 aliphatic carbocycles. The van der Waals surface area contributed by atoms with E-state index in [2.05, 4.69) is 36.3 Å².